The van der Waals surface area contributed by atoms with Gasteiger partial charge < -0.3 is 16.2 Å². The standard InChI is InChI=1S/C12H22N2O3/c1-2-3-5-9(10(15)16)14-11(17)12(8-13)6-4-7-12/h9H,2-8,13H2,1H3,(H,14,17)(H,15,16)/t9-/m0/s1. The second-order valence-corrected chi connectivity index (χ2v) is 4.84. The molecule has 0 bridgehead atoms. The molecule has 1 fully saturated rings. The lowest BCUT2D eigenvalue weighted by Gasteiger charge is -2.39. The molecule has 0 heterocycles. The number of amides is 1. The summed E-state index contributed by atoms with van der Waals surface area (Å²) in [4.78, 5) is 23.0. The highest BCUT2D eigenvalue weighted by molar-refractivity contribution is 5.88. The highest BCUT2D eigenvalue weighted by Gasteiger charge is 2.43. The van der Waals surface area contributed by atoms with Gasteiger partial charge in [0.2, 0.25) is 5.91 Å². The molecule has 1 aliphatic rings. The lowest BCUT2D eigenvalue weighted by molar-refractivity contribution is -0.145. The van der Waals surface area contributed by atoms with E-state index >= 15 is 0 Å². The third-order valence-corrected chi connectivity index (χ3v) is 3.63. The maximum atomic E-state index is 12.0. The molecule has 1 saturated carbocycles. The normalized spacial score (nSPS) is 19.2. The average Bonchev–Trinajstić information content (AvgIpc) is 2.23. The maximum absolute atomic E-state index is 12.0. The van der Waals surface area contributed by atoms with Crippen LogP contribution in [0.5, 0.6) is 0 Å². The van der Waals surface area contributed by atoms with E-state index in [-0.39, 0.29) is 5.91 Å². The van der Waals surface area contributed by atoms with E-state index in [9.17, 15) is 9.59 Å². The van der Waals surface area contributed by atoms with Crippen LogP contribution in [0.2, 0.25) is 0 Å². The van der Waals surface area contributed by atoms with Gasteiger partial charge in [0.25, 0.3) is 0 Å². The van der Waals surface area contributed by atoms with Crippen LogP contribution in [0.1, 0.15) is 45.4 Å². The zero-order chi connectivity index (χ0) is 12.9. The van der Waals surface area contributed by atoms with Crippen molar-refractivity contribution in [2.45, 2.75) is 51.5 Å². The molecular formula is C12H22N2O3. The Labute approximate surface area is 102 Å². The van der Waals surface area contributed by atoms with Gasteiger partial charge in [0, 0.05) is 6.54 Å². The molecule has 0 unspecified atom stereocenters. The third-order valence-electron chi connectivity index (χ3n) is 3.63. The van der Waals surface area contributed by atoms with E-state index in [2.05, 4.69) is 5.32 Å². The Hall–Kier alpha value is -1.10. The molecule has 1 aliphatic carbocycles. The van der Waals surface area contributed by atoms with Crippen LogP contribution < -0.4 is 11.1 Å². The van der Waals surface area contributed by atoms with E-state index in [1.54, 1.807) is 0 Å². The van der Waals surface area contributed by atoms with Crippen molar-refractivity contribution in [1.29, 1.82) is 0 Å². The van der Waals surface area contributed by atoms with Crippen molar-refractivity contribution in [3.63, 3.8) is 0 Å². The predicted molar refractivity (Wildman–Crippen MR) is 64.4 cm³/mol. The van der Waals surface area contributed by atoms with Gasteiger partial charge in [-0.3, -0.25) is 4.79 Å². The summed E-state index contributed by atoms with van der Waals surface area (Å²) < 4.78 is 0. The lowest BCUT2D eigenvalue weighted by atomic mass is 9.68. The van der Waals surface area contributed by atoms with E-state index in [0.717, 1.165) is 32.1 Å². The van der Waals surface area contributed by atoms with E-state index in [1.807, 2.05) is 6.92 Å². The van der Waals surface area contributed by atoms with Crippen LogP contribution in [-0.2, 0) is 9.59 Å². The SMILES string of the molecule is CCCC[C@H](NC(=O)C1(CN)CCC1)C(=O)O. The number of hydrogen-bond acceptors (Lipinski definition) is 3. The van der Waals surface area contributed by atoms with Crippen LogP contribution in [0.4, 0.5) is 0 Å². The molecule has 0 radical (unpaired) electrons. The van der Waals surface area contributed by atoms with Crippen molar-refractivity contribution in [1.82, 2.24) is 5.32 Å². The summed E-state index contributed by atoms with van der Waals surface area (Å²) >= 11 is 0. The van der Waals surface area contributed by atoms with Crippen molar-refractivity contribution in [2.24, 2.45) is 11.1 Å². The van der Waals surface area contributed by atoms with Gasteiger partial charge in [-0.15, -0.1) is 0 Å². The van der Waals surface area contributed by atoms with Gasteiger partial charge in [-0.2, -0.15) is 0 Å². The fraction of sp³-hybridized carbons (Fsp3) is 0.833. The highest BCUT2D eigenvalue weighted by atomic mass is 16.4. The van der Waals surface area contributed by atoms with Gasteiger partial charge in [-0.1, -0.05) is 26.2 Å². The number of nitrogens with two attached hydrogens (primary N) is 1. The minimum absolute atomic E-state index is 0.185. The molecule has 5 nitrogen and oxygen atoms in total. The first-order valence-corrected chi connectivity index (χ1v) is 6.29. The maximum Gasteiger partial charge on any atom is 0.326 e. The summed E-state index contributed by atoms with van der Waals surface area (Å²) in [6.45, 7) is 2.30. The van der Waals surface area contributed by atoms with Gasteiger partial charge in [0.05, 0.1) is 5.41 Å². The Kier molecular flexibility index (Phi) is 4.93. The number of rotatable bonds is 7. The third kappa shape index (κ3) is 3.19. The number of carbonyl (C=O) groups is 2. The van der Waals surface area contributed by atoms with Gasteiger partial charge in [0.15, 0.2) is 0 Å². The fourth-order valence-electron chi connectivity index (χ4n) is 2.10. The minimum atomic E-state index is -0.960. The molecule has 17 heavy (non-hydrogen) atoms. The Balaban J connectivity index is 2.54. The molecule has 1 rings (SSSR count). The van der Waals surface area contributed by atoms with Crippen molar-refractivity contribution >= 4 is 11.9 Å². The van der Waals surface area contributed by atoms with Crippen LogP contribution in [0.3, 0.4) is 0 Å². The molecule has 5 heteroatoms. The first-order chi connectivity index (χ1) is 8.05. The molecule has 98 valence electrons. The molecule has 0 aromatic rings. The number of carboxylic acids is 1. The molecule has 0 aromatic heterocycles. The highest BCUT2D eigenvalue weighted by Crippen LogP contribution is 2.40. The second-order valence-electron chi connectivity index (χ2n) is 4.84. The first-order valence-electron chi connectivity index (χ1n) is 6.29. The molecular weight excluding hydrogens is 220 g/mol. The van der Waals surface area contributed by atoms with Crippen molar-refractivity contribution in [2.75, 3.05) is 6.54 Å². The minimum Gasteiger partial charge on any atom is -0.480 e. The van der Waals surface area contributed by atoms with Crippen LogP contribution in [0.25, 0.3) is 0 Å². The number of carbonyl (C=O) groups excluding carboxylic acids is 1. The number of nitrogens with one attached hydrogen (secondary N) is 1. The summed E-state index contributed by atoms with van der Waals surface area (Å²) in [6.07, 6.45) is 4.75. The smallest absolute Gasteiger partial charge is 0.326 e. The first kappa shape index (κ1) is 14.0. The van der Waals surface area contributed by atoms with E-state index in [4.69, 9.17) is 10.8 Å². The van der Waals surface area contributed by atoms with Crippen LogP contribution in [0, 0.1) is 5.41 Å². The van der Waals surface area contributed by atoms with Crippen LogP contribution in [-0.4, -0.2) is 29.6 Å². The quantitative estimate of drug-likeness (QED) is 0.617. The van der Waals surface area contributed by atoms with Gasteiger partial charge in [-0.05, 0) is 19.3 Å². The molecule has 1 amide bonds. The van der Waals surface area contributed by atoms with Gasteiger partial charge >= 0.3 is 5.97 Å². The molecule has 0 spiro atoms. The van der Waals surface area contributed by atoms with Gasteiger partial charge in [-0.25, -0.2) is 4.79 Å². The zero-order valence-corrected chi connectivity index (χ0v) is 10.4. The Morgan fingerprint density at radius 3 is 2.47 bits per heavy atom. The number of hydrogen-bond donors (Lipinski definition) is 3. The monoisotopic (exact) mass is 242 g/mol. The van der Waals surface area contributed by atoms with Crippen molar-refractivity contribution < 1.29 is 14.7 Å². The summed E-state index contributed by atoms with van der Waals surface area (Å²) in [5, 5.41) is 11.7. The molecule has 1 atom stereocenters. The Morgan fingerprint density at radius 2 is 2.12 bits per heavy atom. The van der Waals surface area contributed by atoms with Crippen LogP contribution >= 0.6 is 0 Å². The summed E-state index contributed by atoms with van der Waals surface area (Å²) in [5.41, 5.74) is 5.11. The van der Waals surface area contributed by atoms with E-state index in [0.29, 0.717) is 13.0 Å². The predicted octanol–water partition coefficient (Wildman–Crippen LogP) is 0.875. The lowest BCUT2D eigenvalue weighted by Crippen LogP contribution is -2.54. The van der Waals surface area contributed by atoms with E-state index in [1.165, 1.54) is 0 Å². The summed E-state index contributed by atoms with van der Waals surface area (Å²) in [7, 11) is 0. The topological polar surface area (TPSA) is 92.4 Å². The van der Waals surface area contributed by atoms with Gasteiger partial charge in [0.1, 0.15) is 6.04 Å². The number of aliphatic carboxylic acids is 1. The second kappa shape index (κ2) is 6.00. The summed E-state index contributed by atoms with van der Waals surface area (Å²) in [6, 6.07) is -0.772. The van der Waals surface area contributed by atoms with Crippen molar-refractivity contribution in [3.8, 4) is 0 Å². The van der Waals surface area contributed by atoms with E-state index < -0.39 is 17.4 Å². The van der Waals surface area contributed by atoms with Crippen molar-refractivity contribution in [3.05, 3.63) is 0 Å². The molecule has 0 aliphatic heterocycles. The number of carboxylic acid groups (broad SMARTS) is 1. The Bertz CT molecular complexity index is 282. The zero-order valence-electron chi connectivity index (χ0n) is 10.4. The summed E-state index contributed by atoms with van der Waals surface area (Å²) in [5.74, 6) is -1.15. The molecule has 0 aromatic carbocycles. The fourth-order valence-corrected chi connectivity index (χ4v) is 2.10. The molecule has 4 N–H and O–H groups in total. The Morgan fingerprint density at radius 1 is 1.47 bits per heavy atom. The average molecular weight is 242 g/mol. The number of unbranched alkanes of at least 4 members (excludes halogenated alkanes) is 1. The largest absolute Gasteiger partial charge is 0.480 e. The van der Waals surface area contributed by atoms with Crippen LogP contribution in [0.15, 0.2) is 0 Å². The molecule has 0 saturated heterocycles.